The molecule has 0 aliphatic carbocycles. The van der Waals surface area contributed by atoms with Gasteiger partial charge in [-0.2, -0.15) is 0 Å². The Kier molecular flexibility index (Phi) is 3.43. The van der Waals surface area contributed by atoms with Gasteiger partial charge in [0.05, 0.1) is 5.61 Å². The Labute approximate surface area is 54.6 Å². The standard InChI is InChI=1S/C5H6BNO2/c1-2-3-9-5(8)4(6)7/h2,7H,1,3H2. The fourth-order valence-electron chi connectivity index (χ4n) is 0.212. The average molecular weight is 123 g/mol. The lowest BCUT2D eigenvalue weighted by Gasteiger charge is -1.96. The van der Waals surface area contributed by atoms with Crippen LogP contribution in [0.2, 0.25) is 0 Å². The van der Waals surface area contributed by atoms with Crippen LogP contribution in [0.25, 0.3) is 0 Å². The highest BCUT2D eigenvalue weighted by atomic mass is 16.5. The second-order valence-electron chi connectivity index (χ2n) is 1.30. The Morgan fingerprint density at radius 1 is 1.89 bits per heavy atom. The molecule has 0 bridgehead atoms. The minimum atomic E-state index is -0.810. The van der Waals surface area contributed by atoms with Crippen LogP contribution in [0.1, 0.15) is 0 Å². The van der Waals surface area contributed by atoms with Crippen molar-refractivity contribution in [1.82, 2.24) is 0 Å². The van der Waals surface area contributed by atoms with E-state index < -0.39 is 11.6 Å². The van der Waals surface area contributed by atoms with Crippen molar-refractivity contribution in [3.63, 3.8) is 0 Å². The minimum absolute atomic E-state index is 0.0956. The largest absolute Gasteiger partial charge is 0.458 e. The lowest BCUT2D eigenvalue weighted by molar-refractivity contribution is -0.134. The summed E-state index contributed by atoms with van der Waals surface area (Å²) in [6.07, 6.45) is 1.40. The van der Waals surface area contributed by atoms with E-state index in [9.17, 15) is 4.79 Å². The van der Waals surface area contributed by atoms with E-state index in [1.165, 1.54) is 6.08 Å². The first-order valence-corrected chi connectivity index (χ1v) is 2.30. The lowest BCUT2D eigenvalue weighted by Crippen LogP contribution is -2.15. The molecule has 0 aromatic carbocycles. The van der Waals surface area contributed by atoms with Gasteiger partial charge >= 0.3 is 5.97 Å². The number of esters is 1. The molecule has 0 aromatic heterocycles. The molecule has 0 aliphatic rings. The number of hydrogen-bond donors (Lipinski definition) is 1. The summed E-state index contributed by atoms with van der Waals surface area (Å²) >= 11 is 0. The molecule has 0 spiro atoms. The van der Waals surface area contributed by atoms with Crippen molar-refractivity contribution in [2.45, 2.75) is 0 Å². The molecule has 0 rings (SSSR count). The number of carbonyl (C=O) groups excluding carboxylic acids is 1. The molecule has 1 N–H and O–H groups in total. The molecular weight excluding hydrogens is 117 g/mol. The van der Waals surface area contributed by atoms with Crippen molar-refractivity contribution < 1.29 is 9.53 Å². The van der Waals surface area contributed by atoms with Crippen LogP contribution in [0.4, 0.5) is 0 Å². The summed E-state index contributed by atoms with van der Waals surface area (Å²) in [7, 11) is 4.75. The summed E-state index contributed by atoms with van der Waals surface area (Å²) in [6.45, 7) is 3.40. The number of carbonyl (C=O) groups is 1. The summed E-state index contributed by atoms with van der Waals surface area (Å²) in [5.74, 6) is -0.810. The van der Waals surface area contributed by atoms with Crippen LogP contribution in [-0.2, 0) is 9.53 Å². The summed E-state index contributed by atoms with van der Waals surface area (Å²) in [4.78, 5) is 10.3. The molecule has 46 valence electrons. The fourth-order valence-corrected chi connectivity index (χ4v) is 0.212. The van der Waals surface area contributed by atoms with Crippen molar-refractivity contribution in [3.05, 3.63) is 12.7 Å². The predicted octanol–water partition coefficient (Wildman–Crippen LogP) is -0.139. The lowest BCUT2D eigenvalue weighted by atomic mass is 10.0. The molecule has 4 heteroatoms. The van der Waals surface area contributed by atoms with E-state index in [4.69, 9.17) is 13.3 Å². The third kappa shape index (κ3) is 3.52. The van der Waals surface area contributed by atoms with Crippen molar-refractivity contribution in [2.75, 3.05) is 6.61 Å². The molecule has 0 fully saturated rings. The van der Waals surface area contributed by atoms with E-state index in [2.05, 4.69) is 11.3 Å². The van der Waals surface area contributed by atoms with Gasteiger partial charge < -0.3 is 10.1 Å². The monoisotopic (exact) mass is 123 g/mol. The van der Waals surface area contributed by atoms with Crippen LogP contribution in [-0.4, -0.2) is 26.0 Å². The number of hydrogen-bond acceptors (Lipinski definition) is 3. The van der Waals surface area contributed by atoms with Crippen LogP contribution in [0.15, 0.2) is 12.7 Å². The first-order chi connectivity index (χ1) is 4.18. The van der Waals surface area contributed by atoms with Crippen LogP contribution in [0.3, 0.4) is 0 Å². The summed E-state index contributed by atoms with van der Waals surface area (Å²) in [5, 5.41) is 6.55. The first kappa shape index (κ1) is 7.94. The third-order valence-electron chi connectivity index (χ3n) is 0.552. The number of ether oxygens (including phenoxy) is 1. The number of nitrogens with one attached hydrogen (secondary N) is 1. The van der Waals surface area contributed by atoms with Crippen molar-refractivity contribution in [3.8, 4) is 0 Å². The normalized spacial score (nSPS) is 8.00. The van der Waals surface area contributed by atoms with Gasteiger partial charge in [0.2, 0.25) is 0 Å². The fraction of sp³-hybridized carbons (Fsp3) is 0.200. The van der Waals surface area contributed by atoms with Crippen molar-refractivity contribution >= 4 is 19.4 Å². The van der Waals surface area contributed by atoms with Crippen LogP contribution in [0.5, 0.6) is 0 Å². The van der Waals surface area contributed by atoms with Gasteiger partial charge in [-0.25, -0.2) is 4.79 Å². The zero-order valence-corrected chi connectivity index (χ0v) is 4.89. The van der Waals surface area contributed by atoms with Gasteiger partial charge in [-0.1, -0.05) is 12.7 Å². The van der Waals surface area contributed by atoms with Gasteiger partial charge in [0.15, 0.2) is 7.85 Å². The molecular formula is C5H6BNO2. The highest BCUT2D eigenvalue weighted by Crippen LogP contribution is 1.77. The van der Waals surface area contributed by atoms with Crippen molar-refractivity contribution in [1.29, 1.82) is 5.41 Å². The zero-order valence-electron chi connectivity index (χ0n) is 4.89. The molecule has 0 atom stereocenters. The molecule has 0 unspecified atom stereocenters. The van der Waals surface area contributed by atoms with Crippen LogP contribution in [0, 0.1) is 5.41 Å². The van der Waals surface area contributed by atoms with Crippen molar-refractivity contribution in [2.24, 2.45) is 0 Å². The van der Waals surface area contributed by atoms with Gasteiger partial charge in [-0.05, 0) is 0 Å². The average Bonchev–Trinajstić information content (AvgIpc) is 1.82. The topological polar surface area (TPSA) is 50.2 Å². The second-order valence-corrected chi connectivity index (χ2v) is 1.30. The molecule has 9 heavy (non-hydrogen) atoms. The highest BCUT2D eigenvalue weighted by molar-refractivity contribution is 6.77. The Morgan fingerprint density at radius 3 is 2.78 bits per heavy atom. The second kappa shape index (κ2) is 3.89. The summed E-state index contributed by atoms with van der Waals surface area (Å²) in [5.41, 5.74) is -0.586. The summed E-state index contributed by atoms with van der Waals surface area (Å²) < 4.78 is 4.35. The van der Waals surface area contributed by atoms with E-state index in [1.54, 1.807) is 0 Å². The molecule has 0 amide bonds. The van der Waals surface area contributed by atoms with Gasteiger partial charge in [0.25, 0.3) is 0 Å². The molecule has 0 aromatic rings. The number of rotatable bonds is 3. The SMILES string of the molecule is [B]C(=N)C(=O)OCC=C. The van der Waals surface area contributed by atoms with Crippen LogP contribution >= 0.6 is 0 Å². The molecule has 3 nitrogen and oxygen atoms in total. The molecule has 0 heterocycles. The Bertz CT molecular complexity index is 144. The van der Waals surface area contributed by atoms with Gasteiger partial charge in [0.1, 0.15) is 6.61 Å². The Balaban J connectivity index is 3.51. The van der Waals surface area contributed by atoms with E-state index in [1.807, 2.05) is 0 Å². The predicted molar refractivity (Wildman–Crippen MR) is 34.6 cm³/mol. The molecule has 0 saturated heterocycles. The Morgan fingerprint density at radius 2 is 2.44 bits per heavy atom. The van der Waals surface area contributed by atoms with E-state index in [-0.39, 0.29) is 6.61 Å². The first-order valence-electron chi connectivity index (χ1n) is 2.30. The minimum Gasteiger partial charge on any atom is -0.458 e. The third-order valence-corrected chi connectivity index (χ3v) is 0.552. The van der Waals surface area contributed by atoms with E-state index in [0.717, 1.165) is 0 Å². The van der Waals surface area contributed by atoms with Crippen LogP contribution < -0.4 is 0 Å². The van der Waals surface area contributed by atoms with Gasteiger partial charge in [0, 0.05) is 0 Å². The maximum Gasteiger partial charge on any atom is 0.341 e. The molecule has 2 radical (unpaired) electrons. The van der Waals surface area contributed by atoms with Gasteiger partial charge in [-0.3, -0.25) is 0 Å². The smallest absolute Gasteiger partial charge is 0.341 e. The highest BCUT2D eigenvalue weighted by Gasteiger charge is 2.00. The maximum atomic E-state index is 10.3. The molecule has 0 saturated carbocycles. The maximum absolute atomic E-state index is 10.3. The van der Waals surface area contributed by atoms with Gasteiger partial charge in [-0.15, -0.1) is 0 Å². The quantitative estimate of drug-likeness (QED) is 0.245. The molecule has 0 aliphatic heterocycles. The summed E-state index contributed by atoms with van der Waals surface area (Å²) in [6, 6.07) is 0. The van der Waals surface area contributed by atoms with E-state index in [0.29, 0.717) is 0 Å². The zero-order chi connectivity index (χ0) is 7.28. The van der Waals surface area contributed by atoms with E-state index >= 15 is 0 Å². The Hall–Kier alpha value is -1.06.